The van der Waals surface area contributed by atoms with Crippen molar-refractivity contribution in [3.63, 3.8) is 0 Å². The molecule has 0 spiro atoms. The molecule has 0 radical (unpaired) electrons. The average molecular weight is 220 g/mol. The van der Waals surface area contributed by atoms with Crippen LogP contribution < -0.4 is 11.5 Å². The van der Waals surface area contributed by atoms with Gasteiger partial charge in [-0.3, -0.25) is 9.59 Å². The highest BCUT2D eigenvalue weighted by Crippen LogP contribution is 2.17. The third-order valence-electron chi connectivity index (χ3n) is 1.68. The number of carbonyl (C=O) groups is 2. The molecule has 0 saturated carbocycles. The zero-order chi connectivity index (χ0) is 9.84. The third kappa shape index (κ3) is 3.30. The van der Waals surface area contributed by atoms with Crippen molar-refractivity contribution in [1.82, 2.24) is 0 Å². The van der Waals surface area contributed by atoms with E-state index in [2.05, 4.69) is 0 Å². The lowest BCUT2D eigenvalue weighted by molar-refractivity contribution is -0.114. The molecule has 0 aromatic heterocycles. The van der Waals surface area contributed by atoms with Crippen LogP contribution in [0.15, 0.2) is 0 Å². The van der Waals surface area contributed by atoms with E-state index in [0.717, 1.165) is 5.75 Å². The maximum Gasteiger partial charge on any atom is 0.214 e. The van der Waals surface area contributed by atoms with Crippen molar-refractivity contribution in [3.05, 3.63) is 0 Å². The summed E-state index contributed by atoms with van der Waals surface area (Å²) in [5.74, 6) is 1.36. The number of nitrogens with two attached hydrogens (primary N) is 2. The predicted molar refractivity (Wildman–Crippen MR) is 55.5 cm³/mol. The second-order valence-electron chi connectivity index (χ2n) is 2.82. The van der Waals surface area contributed by atoms with Crippen molar-refractivity contribution in [3.8, 4) is 0 Å². The highest BCUT2D eigenvalue weighted by molar-refractivity contribution is 8.26. The molecule has 2 atom stereocenters. The Morgan fingerprint density at radius 1 is 1.15 bits per heavy atom. The molecule has 4 N–H and O–H groups in total. The van der Waals surface area contributed by atoms with Crippen molar-refractivity contribution in [2.75, 3.05) is 11.5 Å². The molecule has 0 aliphatic carbocycles. The molecule has 1 aliphatic heterocycles. The second-order valence-corrected chi connectivity index (χ2v) is 4.98. The minimum atomic E-state index is -0.538. The van der Waals surface area contributed by atoms with Crippen LogP contribution in [0.5, 0.6) is 0 Å². The Bertz CT molecular complexity index is 201. The minimum absolute atomic E-state index is 0.261. The van der Waals surface area contributed by atoms with Crippen molar-refractivity contribution in [1.29, 1.82) is 0 Å². The van der Waals surface area contributed by atoms with Crippen molar-refractivity contribution in [2.45, 2.75) is 18.5 Å². The summed E-state index contributed by atoms with van der Waals surface area (Å²) in [6, 6.07) is -1.06. The van der Waals surface area contributed by atoms with E-state index in [1.54, 1.807) is 11.8 Å². The number of hydrogen-bond acceptors (Lipinski definition) is 6. The van der Waals surface area contributed by atoms with Crippen LogP contribution in [0.3, 0.4) is 0 Å². The fraction of sp³-hybridized carbons (Fsp3) is 0.714. The van der Waals surface area contributed by atoms with Gasteiger partial charge in [-0.05, 0) is 23.9 Å². The zero-order valence-electron chi connectivity index (χ0n) is 7.06. The van der Waals surface area contributed by atoms with Crippen molar-refractivity contribution < 1.29 is 9.59 Å². The Kier molecular flexibility index (Phi) is 4.24. The first kappa shape index (κ1) is 11.0. The van der Waals surface area contributed by atoms with E-state index in [9.17, 15) is 9.59 Å². The van der Waals surface area contributed by atoms with Crippen LogP contribution >= 0.6 is 23.5 Å². The predicted octanol–water partition coefficient (Wildman–Crippen LogP) is -0.436. The lowest BCUT2D eigenvalue weighted by Gasteiger charge is -2.06. The Hall–Kier alpha value is -0.0400. The van der Waals surface area contributed by atoms with Gasteiger partial charge in [0.1, 0.15) is 0 Å². The molecular formula is C7H12N2O2S2. The molecule has 1 heterocycles. The van der Waals surface area contributed by atoms with Crippen molar-refractivity contribution >= 4 is 33.8 Å². The first-order chi connectivity index (χ1) is 6.11. The summed E-state index contributed by atoms with van der Waals surface area (Å²) in [5.41, 5.74) is 11.1. The summed E-state index contributed by atoms with van der Waals surface area (Å²) >= 11 is 2.23. The van der Waals surface area contributed by atoms with Crippen LogP contribution in [0.2, 0.25) is 0 Å². The quantitative estimate of drug-likeness (QED) is 0.576. The van der Waals surface area contributed by atoms with E-state index in [-0.39, 0.29) is 10.2 Å². The molecule has 4 nitrogen and oxygen atoms in total. The smallest absolute Gasteiger partial charge is 0.214 e. The summed E-state index contributed by atoms with van der Waals surface area (Å²) < 4.78 is 0. The molecule has 6 heteroatoms. The monoisotopic (exact) mass is 220 g/mol. The summed E-state index contributed by atoms with van der Waals surface area (Å²) in [6.07, 6.45) is 0.622. The van der Waals surface area contributed by atoms with Gasteiger partial charge in [0.05, 0.1) is 12.1 Å². The van der Waals surface area contributed by atoms with Gasteiger partial charge in [-0.1, -0.05) is 0 Å². The van der Waals surface area contributed by atoms with Gasteiger partial charge in [-0.15, -0.1) is 0 Å². The van der Waals surface area contributed by atoms with E-state index in [4.69, 9.17) is 11.5 Å². The van der Waals surface area contributed by atoms with Gasteiger partial charge in [-0.2, -0.15) is 11.8 Å². The van der Waals surface area contributed by atoms with Crippen LogP contribution in [0.25, 0.3) is 0 Å². The van der Waals surface area contributed by atoms with Gasteiger partial charge in [0.2, 0.25) is 10.2 Å². The van der Waals surface area contributed by atoms with E-state index in [1.807, 2.05) is 0 Å². The third-order valence-corrected chi connectivity index (χ3v) is 3.80. The number of carbonyl (C=O) groups excluding carboxylic acids is 2. The molecular weight excluding hydrogens is 208 g/mol. The van der Waals surface area contributed by atoms with Crippen molar-refractivity contribution in [2.24, 2.45) is 11.5 Å². The molecule has 13 heavy (non-hydrogen) atoms. The Labute approximate surface area is 85.2 Å². The standard InChI is InChI=1S/C7H12N2O2S2/c8-4-1-2-12-3-5(9)7(11)13-6(4)10/h4-5H,1-3,8-9H2/t4-,5-/m0/s1. The topological polar surface area (TPSA) is 86.2 Å². The lowest BCUT2D eigenvalue weighted by Crippen LogP contribution is -2.33. The van der Waals surface area contributed by atoms with Crippen LogP contribution in [-0.4, -0.2) is 33.8 Å². The van der Waals surface area contributed by atoms with Gasteiger partial charge in [0.15, 0.2) is 0 Å². The Morgan fingerprint density at radius 3 is 2.46 bits per heavy atom. The molecule has 0 aromatic carbocycles. The zero-order valence-corrected chi connectivity index (χ0v) is 8.70. The van der Waals surface area contributed by atoms with Gasteiger partial charge < -0.3 is 11.5 Å². The van der Waals surface area contributed by atoms with E-state index in [1.165, 1.54) is 0 Å². The highest BCUT2D eigenvalue weighted by atomic mass is 32.2. The number of thioether (sulfide) groups is 2. The summed E-state index contributed by atoms with van der Waals surface area (Å²) in [6.45, 7) is 0. The van der Waals surface area contributed by atoms with Crippen LogP contribution in [0.1, 0.15) is 6.42 Å². The average Bonchev–Trinajstić information content (AvgIpc) is 2.13. The minimum Gasteiger partial charge on any atom is -0.321 e. The molecule has 74 valence electrons. The molecule has 1 saturated heterocycles. The molecule has 1 rings (SSSR count). The molecule has 0 bridgehead atoms. The molecule has 0 aromatic rings. The normalized spacial score (nSPS) is 32.2. The first-order valence-electron chi connectivity index (χ1n) is 3.95. The molecule has 0 amide bonds. The van der Waals surface area contributed by atoms with E-state index in [0.29, 0.717) is 23.9 Å². The summed E-state index contributed by atoms with van der Waals surface area (Å²) in [4.78, 5) is 22.5. The largest absolute Gasteiger partial charge is 0.321 e. The molecule has 0 unspecified atom stereocenters. The lowest BCUT2D eigenvalue weighted by atomic mass is 10.3. The van der Waals surface area contributed by atoms with E-state index < -0.39 is 12.1 Å². The second kappa shape index (κ2) is 4.99. The van der Waals surface area contributed by atoms with Gasteiger partial charge >= 0.3 is 0 Å². The van der Waals surface area contributed by atoms with Gasteiger partial charge in [0.25, 0.3) is 0 Å². The fourth-order valence-corrected chi connectivity index (χ4v) is 2.66. The fourth-order valence-electron chi connectivity index (χ4n) is 0.857. The van der Waals surface area contributed by atoms with E-state index >= 15 is 0 Å². The first-order valence-corrected chi connectivity index (χ1v) is 5.93. The summed E-state index contributed by atoms with van der Waals surface area (Å²) in [5, 5.41) is -0.530. The van der Waals surface area contributed by atoms with Gasteiger partial charge in [-0.25, -0.2) is 0 Å². The maximum atomic E-state index is 11.2. The van der Waals surface area contributed by atoms with Crippen LogP contribution in [0.4, 0.5) is 0 Å². The van der Waals surface area contributed by atoms with Crippen LogP contribution in [-0.2, 0) is 9.59 Å². The maximum absolute atomic E-state index is 11.2. The molecule has 1 aliphatic rings. The molecule has 1 fully saturated rings. The SMILES string of the molecule is N[C@H]1CCSC[C@H](N)C(=O)SC1=O. The number of rotatable bonds is 0. The van der Waals surface area contributed by atoms with Gasteiger partial charge in [0, 0.05) is 5.75 Å². The Balaban J connectivity index is 2.62. The number of hydrogen-bond donors (Lipinski definition) is 2. The Morgan fingerprint density at radius 2 is 1.77 bits per heavy atom. The highest BCUT2D eigenvalue weighted by Gasteiger charge is 2.24. The van der Waals surface area contributed by atoms with Crippen LogP contribution in [0, 0.1) is 0 Å². The summed E-state index contributed by atoms with van der Waals surface area (Å²) in [7, 11) is 0.